The SMILES string of the molecule is Cc1cccc(S(=O)(=O)Nc2ccc(S(=O)(=O)Nc3nc(C)cc(C)n3)cc2)c1. The van der Waals surface area contributed by atoms with E-state index in [9.17, 15) is 16.8 Å². The van der Waals surface area contributed by atoms with Crippen molar-refractivity contribution in [2.75, 3.05) is 9.44 Å². The highest BCUT2D eigenvalue weighted by atomic mass is 32.2. The summed E-state index contributed by atoms with van der Waals surface area (Å²) in [5.41, 5.74) is 2.33. The van der Waals surface area contributed by atoms with Crippen LogP contribution in [0.15, 0.2) is 64.4 Å². The van der Waals surface area contributed by atoms with Crippen LogP contribution in [0.5, 0.6) is 0 Å². The lowest BCUT2D eigenvalue weighted by molar-refractivity contribution is 0.599. The minimum absolute atomic E-state index is 0.0215. The molecule has 0 bridgehead atoms. The van der Waals surface area contributed by atoms with E-state index in [1.807, 2.05) is 0 Å². The summed E-state index contributed by atoms with van der Waals surface area (Å²) in [5, 5.41) is 0. The molecule has 0 fully saturated rings. The maximum Gasteiger partial charge on any atom is 0.264 e. The minimum Gasteiger partial charge on any atom is -0.280 e. The quantitative estimate of drug-likeness (QED) is 0.618. The number of aryl methyl sites for hydroxylation is 3. The van der Waals surface area contributed by atoms with Gasteiger partial charge in [-0.2, -0.15) is 0 Å². The number of hydrogen-bond acceptors (Lipinski definition) is 6. The van der Waals surface area contributed by atoms with Gasteiger partial charge in [-0.25, -0.2) is 31.5 Å². The molecule has 1 aromatic heterocycles. The fraction of sp³-hybridized carbons (Fsp3) is 0.158. The highest BCUT2D eigenvalue weighted by Crippen LogP contribution is 2.20. The van der Waals surface area contributed by atoms with Crippen molar-refractivity contribution in [2.45, 2.75) is 30.6 Å². The Hall–Kier alpha value is -2.98. The molecule has 0 aliphatic heterocycles. The van der Waals surface area contributed by atoms with Gasteiger partial charge in [-0.05, 0) is 68.8 Å². The van der Waals surface area contributed by atoms with Gasteiger partial charge in [0.1, 0.15) is 0 Å². The zero-order chi connectivity index (χ0) is 21.2. The van der Waals surface area contributed by atoms with Crippen molar-refractivity contribution in [2.24, 2.45) is 0 Å². The summed E-state index contributed by atoms with van der Waals surface area (Å²) >= 11 is 0. The summed E-state index contributed by atoms with van der Waals surface area (Å²) in [4.78, 5) is 8.20. The number of benzene rings is 2. The third kappa shape index (κ3) is 5.09. The largest absolute Gasteiger partial charge is 0.280 e. The molecular weight excluding hydrogens is 412 g/mol. The fourth-order valence-electron chi connectivity index (χ4n) is 2.65. The smallest absolute Gasteiger partial charge is 0.264 e. The van der Waals surface area contributed by atoms with Crippen LogP contribution >= 0.6 is 0 Å². The summed E-state index contributed by atoms with van der Waals surface area (Å²) in [7, 11) is -7.69. The average molecular weight is 433 g/mol. The lowest BCUT2D eigenvalue weighted by Crippen LogP contribution is -2.16. The van der Waals surface area contributed by atoms with Gasteiger partial charge in [-0.3, -0.25) is 4.72 Å². The number of aromatic nitrogens is 2. The average Bonchev–Trinajstić information content (AvgIpc) is 2.60. The zero-order valence-electron chi connectivity index (χ0n) is 16.0. The molecule has 29 heavy (non-hydrogen) atoms. The number of nitrogens with one attached hydrogen (secondary N) is 2. The second-order valence-corrected chi connectivity index (χ2v) is 9.89. The van der Waals surface area contributed by atoms with E-state index in [1.165, 1.54) is 30.3 Å². The number of rotatable bonds is 6. The molecule has 0 saturated carbocycles. The van der Waals surface area contributed by atoms with E-state index in [0.717, 1.165) is 5.56 Å². The summed E-state index contributed by atoms with van der Waals surface area (Å²) in [6.07, 6.45) is 0. The highest BCUT2D eigenvalue weighted by molar-refractivity contribution is 7.93. The Morgan fingerprint density at radius 3 is 1.86 bits per heavy atom. The van der Waals surface area contributed by atoms with Crippen LogP contribution in [0.2, 0.25) is 0 Å². The Bertz CT molecular complexity index is 1240. The molecule has 0 aliphatic carbocycles. The van der Waals surface area contributed by atoms with Crippen molar-refractivity contribution in [3.63, 3.8) is 0 Å². The van der Waals surface area contributed by atoms with Gasteiger partial charge in [0.15, 0.2) is 0 Å². The molecule has 0 amide bonds. The van der Waals surface area contributed by atoms with Gasteiger partial charge >= 0.3 is 0 Å². The Kier molecular flexibility index (Phi) is 5.58. The summed E-state index contributed by atoms with van der Waals surface area (Å²) in [6, 6.07) is 13.6. The van der Waals surface area contributed by atoms with Gasteiger partial charge in [0.05, 0.1) is 9.79 Å². The summed E-state index contributed by atoms with van der Waals surface area (Å²) in [5.74, 6) is -0.0215. The minimum atomic E-state index is -3.92. The molecule has 0 aliphatic rings. The van der Waals surface area contributed by atoms with Crippen LogP contribution in [0.1, 0.15) is 17.0 Å². The summed E-state index contributed by atoms with van der Waals surface area (Å²) < 4.78 is 54.8. The van der Waals surface area contributed by atoms with Crippen LogP contribution in [-0.2, 0) is 20.0 Å². The Labute approximate surface area is 170 Å². The molecule has 2 N–H and O–H groups in total. The van der Waals surface area contributed by atoms with Gasteiger partial charge in [0.2, 0.25) is 5.95 Å². The predicted molar refractivity (Wildman–Crippen MR) is 111 cm³/mol. The lowest BCUT2D eigenvalue weighted by Gasteiger charge is -2.11. The predicted octanol–water partition coefficient (Wildman–Crippen LogP) is 3.00. The molecule has 0 spiro atoms. The number of sulfonamides is 2. The van der Waals surface area contributed by atoms with Crippen LogP contribution in [0.3, 0.4) is 0 Å². The molecule has 2 aromatic carbocycles. The van der Waals surface area contributed by atoms with Gasteiger partial charge in [-0.15, -0.1) is 0 Å². The molecule has 152 valence electrons. The van der Waals surface area contributed by atoms with E-state index in [-0.39, 0.29) is 21.4 Å². The van der Waals surface area contributed by atoms with Gasteiger partial charge in [-0.1, -0.05) is 12.1 Å². The molecule has 0 saturated heterocycles. The molecule has 10 heteroatoms. The van der Waals surface area contributed by atoms with E-state index >= 15 is 0 Å². The van der Waals surface area contributed by atoms with E-state index < -0.39 is 20.0 Å². The second-order valence-electron chi connectivity index (χ2n) is 6.53. The molecule has 3 rings (SSSR count). The Morgan fingerprint density at radius 2 is 1.28 bits per heavy atom. The number of hydrogen-bond donors (Lipinski definition) is 2. The number of nitrogens with zero attached hydrogens (tertiary/aromatic N) is 2. The fourth-order valence-corrected chi connectivity index (χ4v) is 4.76. The summed E-state index contributed by atoms with van der Waals surface area (Å²) in [6.45, 7) is 5.27. The van der Waals surface area contributed by atoms with Crippen LogP contribution in [-0.4, -0.2) is 26.8 Å². The van der Waals surface area contributed by atoms with E-state index in [4.69, 9.17) is 0 Å². The standard InChI is InChI=1S/C19H20N4O4S2/c1-13-5-4-6-18(11-13)29(26,27)22-16-7-9-17(10-8-16)28(24,25)23-19-20-14(2)12-15(3)21-19/h4-12,22H,1-3H3,(H,20,21,23). The normalized spacial score (nSPS) is 11.8. The Morgan fingerprint density at radius 1 is 0.690 bits per heavy atom. The lowest BCUT2D eigenvalue weighted by atomic mass is 10.2. The molecule has 0 unspecified atom stereocenters. The first-order chi connectivity index (χ1) is 13.5. The van der Waals surface area contributed by atoms with Crippen LogP contribution in [0.25, 0.3) is 0 Å². The second kappa shape index (κ2) is 7.80. The van der Waals surface area contributed by atoms with Gasteiger partial charge in [0, 0.05) is 17.1 Å². The topological polar surface area (TPSA) is 118 Å². The molecule has 3 aromatic rings. The zero-order valence-corrected chi connectivity index (χ0v) is 17.7. The monoisotopic (exact) mass is 432 g/mol. The van der Waals surface area contributed by atoms with Gasteiger partial charge in [0.25, 0.3) is 20.0 Å². The molecular formula is C19H20N4O4S2. The number of anilines is 2. The maximum atomic E-state index is 12.5. The van der Waals surface area contributed by atoms with Crippen LogP contribution in [0.4, 0.5) is 11.6 Å². The first kappa shape index (κ1) is 20.7. The third-order valence-corrected chi connectivity index (χ3v) is 6.65. The van der Waals surface area contributed by atoms with Crippen molar-refractivity contribution in [3.05, 3.63) is 71.5 Å². The molecule has 0 radical (unpaired) electrons. The Balaban J connectivity index is 1.80. The van der Waals surface area contributed by atoms with E-state index in [2.05, 4.69) is 19.4 Å². The molecule has 8 nitrogen and oxygen atoms in total. The van der Waals surface area contributed by atoms with Crippen LogP contribution < -0.4 is 9.44 Å². The molecule has 1 heterocycles. The van der Waals surface area contributed by atoms with Crippen molar-refractivity contribution in [3.8, 4) is 0 Å². The first-order valence-corrected chi connectivity index (χ1v) is 11.6. The first-order valence-electron chi connectivity index (χ1n) is 8.60. The molecule has 0 atom stereocenters. The van der Waals surface area contributed by atoms with Crippen molar-refractivity contribution in [1.29, 1.82) is 0 Å². The highest BCUT2D eigenvalue weighted by Gasteiger charge is 2.18. The van der Waals surface area contributed by atoms with Crippen molar-refractivity contribution in [1.82, 2.24) is 9.97 Å². The van der Waals surface area contributed by atoms with E-state index in [0.29, 0.717) is 11.4 Å². The third-order valence-electron chi connectivity index (χ3n) is 3.92. The van der Waals surface area contributed by atoms with Crippen molar-refractivity contribution < 1.29 is 16.8 Å². The van der Waals surface area contributed by atoms with Crippen molar-refractivity contribution >= 4 is 31.7 Å². The van der Waals surface area contributed by atoms with E-state index in [1.54, 1.807) is 45.0 Å². The van der Waals surface area contributed by atoms with Gasteiger partial charge < -0.3 is 0 Å². The van der Waals surface area contributed by atoms with Crippen LogP contribution in [0, 0.1) is 20.8 Å². The maximum absolute atomic E-state index is 12.5.